The molecule has 0 radical (unpaired) electrons. The van der Waals surface area contributed by atoms with E-state index in [1.54, 1.807) is 26.0 Å². The first kappa shape index (κ1) is 36.7. The molecule has 3 heterocycles. The maximum absolute atomic E-state index is 14.1. The fourth-order valence-corrected chi connectivity index (χ4v) is 8.35. The van der Waals surface area contributed by atoms with Crippen LogP contribution in [0.2, 0.25) is 0 Å². The number of fused-ring (bicyclic) bond motifs is 3. The van der Waals surface area contributed by atoms with Gasteiger partial charge in [-0.1, -0.05) is 31.9 Å². The van der Waals surface area contributed by atoms with Crippen LogP contribution in [0.25, 0.3) is 10.9 Å². The van der Waals surface area contributed by atoms with Crippen LogP contribution in [0.1, 0.15) is 70.3 Å². The van der Waals surface area contributed by atoms with Crippen molar-refractivity contribution < 1.29 is 50.2 Å². The van der Waals surface area contributed by atoms with Gasteiger partial charge < -0.3 is 24.4 Å². The molecule has 2 N–H and O–H groups in total. The molecule has 2 saturated carbocycles. The van der Waals surface area contributed by atoms with Crippen LogP contribution in [0.5, 0.6) is 17.4 Å². The number of aryl methyl sites for hydroxylation is 1. The standard InChI is InChI=1S/C35H43F3N4O8S/c1-20-9-7-5-4-6-8-10-22-17-34(22,33(45)41-51(46,47)24-11-12-24)40-31(43)26-15-23(18-42(26)32(20)44)50-28-16-29(49-19-35(36,37)38)39-30-21(2)27(48-3)14-13-25(28)30/h8,10,13-14,16,20,22-24,26H,4-7,9,11-12,15,17-19H2,1-3H3,(H,40,43)(H,41,45)/b10-8-/t20-,22+,23+,26-,34+/m0/s1. The molecule has 4 aliphatic rings. The molecule has 12 nitrogen and oxygen atoms in total. The Morgan fingerprint density at radius 1 is 1.14 bits per heavy atom. The number of allylic oxidation sites excluding steroid dienone is 1. The van der Waals surface area contributed by atoms with Gasteiger partial charge in [0, 0.05) is 35.3 Å². The second kappa shape index (κ2) is 14.2. The number of ether oxygens (including phenoxy) is 3. The van der Waals surface area contributed by atoms with Gasteiger partial charge in [0.1, 0.15) is 29.2 Å². The smallest absolute Gasteiger partial charge is 0.422 e. The molecule has 2 aliphatic heterocycles. The van der Waals surface area contributed by atoms with Gasteiger partial charge in [-0.25, -0.2) is 13.4 Å². The lowest BCUT2D eigenvalue weighted by atomic mass is 10.0. The summed E-state index contributed by atoms with van der Waals surface area (Å²) in [5.74, 6) is -2.29. The lowest BCUT2D eigenvalue weighted by Crippen LogP contribution is -2.57. The molecular formula is C35H43F3N4O8S. The zero-order chi connectivity index (χ0) is 36.7. The number of nitrogens with one attached hydrogen (secondary N) is 2. The molecule has 3 amide bonds. The summed E-state index contributed by atoms with van der Waals surface area (Å²) in [5.41, 5.74) is -0.668. The molecule has 5 atom stereocenters. The second-order valence-electron chi connectivity index (χ2n) is 14.0. The summed E-state index contributed by atoms with van der Waals surface area (Å²) in [6.45, 7) is 1.91. The van der Waals surface area contributed by atoms with E-state index in [1.165, 1.54) is 18.1 Å². The van der Waals surface area contributed by atoms with E-state index in [0.29, 0.717) is 41.5 Å². The zero-order valence-corrected chi connectivity index (χ0v) is 29.6. The first-order valence-corrected chi connectivity index (χ1v) is 18.9. The van der Waals surface area contributed by atoms with Gasteiger partial charge in [-0.2, -0.15) is 13.2 Å². The summed E-state index contributed by atoms with van der Waals surface area (Å²) >= 11 is 0. The van der Waals surface area contributed by atoms with E-state index in [2.05, 4.69) is 15.0 Å². The van der Waals surface area contributed by atoms with Gasteiger partial charge >= 0.3 is 6.18 Å². The minimum Gasteiger partial charge on any atom is -0.496 e. The van der Waals surface area contributed by atoms with Crippen molar-refractivity contribution in [2.45, 2.75) is 101 Å². The summed E-state index contributed by atoms with van der Waals surface area (Å²) in [6, 6.07) is 3.51. The van der Waals surface area contributed by atoms with Crippen molar-refractivity contribution in [1.29, 1.82) is 0 Å². The quantitative estimate of drug-likeness (QED) is 0.374. The minimum absolute atomic E-state index is 0.000561. The lowest BCUT2D eigenvalue weighted by molar-refractivity contribution is -0.154. The normalized spacial score (nSPS) is 28.1. The SMILES string of the molecule is COc1ccc2c(O[C@@H]3C[C@H]4C(=O)N[C@]5(C(=O)NS(=O)(=O)C6CC6)C[C@H]5/C=C\CCCCC[C@H](C)C(=O)N4C3)cc(OCC(F)(F)F)nc2c1C. The lowest BCUT2D eigenvalue weighted by Gasteiger charge is -2.28. The molecule has 1 saturated heterocycles. The third-order valence-corrected chi connectivity index (χ3v) is 12.0. The molecular weight excluding hydrogens is 693 g/mol. The van der Waals surface area contributed by atoms with E-state index in [1.807, 2.05) is 12.2 Å². The Labute approximate surface area is 294 Å². The third-order valence-electron chi connectivity index (χ3n) is 10.1. The number of carbonyl (C=O) groups is 3. The van der Waals surface area contributed by atoms with Gasteiger partial charge in [-0.05, 0) is 57.6 Å². The number of rotatable bonds is 8. The van der Waals surface area contributed by atoms with E-state index in [0.717, 1.165) is 25.7 Å². The van der Waals surface area contributed by atoms with Crippen LogP contribution in [-0.4, -0.2) is 85.4 Å². The highest BCUT2D eigenvalue weighted by Gasteiger charge is 2.62. The van der Waals surface area contributed by atoms with Crippen LogP contribution in [0.4, 0.5) is 13.2 Å². The summed E-state index contributed by atoms with van der Waals surface area (Å²) in [4.78, 5) is 47.3. The van der Waals surface area contributed by atoms with Crippen molar-refractivity contribution >= 4 is 38.6 Å². The number of hydrogen-bond acceptors (Lipinski definition) is 9. The molecule has 6 rings (SSSR count). The number of carbonyl (C=O) groups excluding carboxylic acids is 3. The summed E-state index contributed by atoms with van der Waals surface area (Å²) < 4.78 is 83.7. The molecule has 1 aromatic carbocycles. The number of alkyl halides is 3. The van der Waals surface area contributed by atoms with Crippen LogP contribution in [0, 0.1) is 18.8 Å². The highest BCUT2D eigenvalue weighted by Crippen LogP contribution is 2.46. The average Bonchev–Trinajstić information content (AvgIpc) is 4.00. The number of nitrogens with zero attached hydrogens (tertiary/aromatic N) is 2. The van der Waals surface area contributed by atoms with Crippen LogP contribution in [-0.2, 0) is 24.4 Å². The van der Waals surface area contributed by atoms with Gasteiger partial charge in [-0.3, -0.25) is 19.1 Å². The van der Waals surface area contributed by atoms with Crippen molar-refractivity contribution in [2.75, 3.05) is 20.3 Å². The van der Waals surface area contributed by atoms with Crippen molar-refractivity contribution in [3.63, 3.8) is 0 Å². The van der Waals surface area contributed by atoms with Crippen molar-refractivity contribution in [1.82, 2.24) is 19.9 Å². The van der Waals surface area contributed by atoms with E-state index >= 15 is 0 Å². The minimum atomic E-state index is -4.62. The molecule has 278 valence electrons. The van der Waals surface area contributed by atoms with Gasteiger partial charge in [0.2, 0.25) is 27.7 Å². The Kier molecular flexibility index (Phi) is 10.2. The van der Waals surface area contributed by atoms with Gasteiger partial charge in [0.15, 0.2) is 6.61 Å². The molecule has 2 aliphatic carbocycles. The van der Waals surface area contributed by atoms with Crippen molar-refractivity contribution in [3.05, 3.63) is 35.9 Å². The van der Waals surface area contributed by atoms with Crippen molar-refractivity contribution in [3.8, 4) is 17.4 Å². The topological polar surface area (TPSA) is 153 Å². The highest BCUT2D eigenvalue weighted by atomic mass is 32.2. The Bertz CT molecular complexity index is 1830. The molecule has 0 bridgehead atoms. The summed E-state index contributed by atoms with van der Waals surface area (Å²) in [6.07, 6.45) is 3.41. The first-order valence-electron chi connectivity index (χ1n) is 17.3. The van der Waals surface area contributed by atoms with Crippen LogP contribution >= 0.6 is 0 Å². The largest absolute Gasteiger partial charge is 0.496 e. The molecule has 51 heavy (non-hydrogen) atoms. The number of sulfonamides is 1. The number of amides is 3. The molecule has 3 fully saturated rings. The maximum atomic E-state index is 14.1. The number of methoxy groups -OCH3 is 1. The molecule has 16 heteroatoms. The Hall–Kier alpha value is -4.08. The van der Waals surface area contributed by atoms with Gasteiger partial charge in [0.25, 0.3) is 5.91 Å². The highest BCUT2D eigenvalue weighted by molar-refractivity contribution is 7.91. The van der Waals surface area contributed by atoms with E-state index in [-0.39, 0.29) is 36.9 Å². The molecule has 0 spiro atoms. The number of hydrogen-bond donors (Lipinski definition) is 2. The van der Waals surface area contributed by atoms with Gasteiger partial charge in [-0.15, -0.1) is 0 Å². The predicted molar refractivity (Wildman–Crippen MR) is 180 cm³/mol. The number of benzene rings is 1. The van der Waals surface area contributed by atoms with Crippen LogP contribution in [0.3, 0.4) is 0 Å². The predicted octanol–water partition coefficient (Wildman–Crippen LogP) is 4.48. The molecule has 0 unspecified atom stereocenters. The van der Waals surface area contributed by atoms with Crippen molar-refractivity contribution in [2.24, 2.45) is 11.8 Å². The molecule has 1 aromatic heterocycles. The van der Waals surface area contributed by atoms with Crippen LogP contribution in [0.15, 0.2) is 30.4 Å². The van der Waals surface area contributed by atoms with Crippen LogP contribution < -0.4 is 24.2 Å². The monoisotopic (exact) mass is 736 g/mol. The average molecular weight is 737 g/mol. The maximum Gasteiger partial charge on any atom is 0.422 e. The van der Waals surface area contributed by atoms with E-state index in [4.69, 9.17) is 14.2 Å². The fraction of sp³-hybridized carbons (Fsp3) is 0.600. The Balaban J connectivity index is 1.30. The Morgan fingerprint density at radius 3 is 2.61 bits per heavy atom. The number of halogens is 3. The van der Waals surface area contributed by atoms with E-state index < -0.39 is 69.4 Å². The number of aromatic nitrogens is 1. The fourth-order valence-electron chi connectivity index (χ4n) is 6.98. The van der Waals surface area contributed by atoms with E-state index in [9.17, 15) is 36.0 Å². The summed E-state index contributed by atoms with van der Waals surface area (Å²) in [5, 5.41) is 2.65. The first-order chi connectivity index (χ1) is 24.1. The van der Waals surface area contributed by atoms with Gasteiger partial charge in [0.05, 0.1) is 24.4 Å². The number of pyridine rings is 1. The Morgan fingerprint density at radius 2 is 1.90 bits per heavy atom. The second-order valence-corrected chi connectivity index (χ2v) is 16.0. The third kappa shape index (κ3) is 8.05. The summed E-state index contributed by atoms with van der Waals surface area (Å²) in [7, 11) is -2.44. The zero-order valence-electron chi connectivity index (χ0n) is 28.8. The molecule has 2 aromatic rings.